The van der Waals surface area contributed by atoms with E-state index in [0.29, 0.717) is 27.9 Å². The molecule has 0 aliphatic rings. The predicted molar refractivity (Wildman–Crippen MR) is 259 cm³/mol. The van der Waals surface area contributed by atoms with E-state index in [0.717, 1.165) is 36.8 Å². The number of aryl methyl sites for hydroxylation is 7. The van der Waals surface area contributed by atoms with Crippen LogP contribution in [0.2, 0.25) is 0 Å². The first-order chi connectivity index (χ1) is 38.0. The summed E-state index contributed by atoms with van der Waals surface area (Å²) in [5.74, 6) is -3.16. The Kier molecular flexibility index (Phi) is 8.58. The Morgan fingerprint density at radius 2 is 1.18 bits per heavy atom. The Morgan fingerprint density at radius 3 is 1.69 bits per heavy atom. The topological polar surface area (TPSA) is 75.6 Å². The van der Waals surface area contributed by atoms with Crippen molar-refractivity contribution in [2.24, 2.45) is 0 Å². The summed E-state index contributed by atoms with van der Waals surface area (Å²) in [4.78, 5) is 13.4. The molecule has 0 spiro atoms. The molecule has 0 bridgehead atoms. The number of aromatic nitrogens is 3. The van der Waals surface area contributed by atoms with Crippen molar-refractivity contribution in [3.63, 3.8) is 0 Å². The van der Waals surface area contributed by atoms with Gasteiger partial charge in [-0.05, 0) is 125 Å². The van der Waals surface area contributed by atoms with E-state index in [1.807, 2.05) is 0 Å². The number of hydrogen-bond donors (Lipinski definition) is 0. The van der Waals surface area contributed by atoms with E-state index in [1.165, 1.54) is 64.1 Å². The molecule has 4 aromatic heterocycles. The fourth-order valence-corrected chi connectivity index (χ4v) is 7.24. The average Bonchev–Trinajstić information content (AvgIpc) is 2.44. The second-order valence-electron chi connectivity index (χ2n) is 15.4. The van der Waals surface area contributed by atoms with Crippen LogP contribution < -0.4 is 0 Å². The van der Waals surface area contributed by atoms with Crippen molar-refractivity contribution in [3.05, 3.63) is 208 Å². The van der Waals surface area contributed by atoms with Gasteiger partial charge < -0.3 is 19.4 Å². The molecule has 0 unspecified atom stereocenters. The molecule has 0 atom stereocenters. The number of fused-ring (bicyclic) bond motifs is 3. The summed E-state index contributed by atoms with van der Waals surface area (Å²) < 4.78 is 173. The molecule has 0 radical (unpaired) electrons. The van der Waals surface area contributed by atoms with Gasteiger partial charge in [-0.2, -0.15) is 5.26 Å². The summed E-state index contributed by atoms with van der Waals surface area (Å²) in [5, 5.41) is 10.4. The van der Waals surface area contributed by atoms with Crippen molar-refractivity contribution in [3.8, 4) is 39.8 Å². The van der Waals surface area contributed by atoms with Gasteiger partial charge in [-0.3, -0.25) is 0 Å². The zero-order chi connectivity index (χ0) is 60.1. The van der Waals surface area contributed by atoms with Crippen LogP contribution in [0.15, 0.2) is 138 Å². The molecule has 0 aliphatic heterocycles. The van der Waals surface area contributed by atoms with E-state index < -0.39 is 90.3 Å². The molecule has 0 saturated heterocycles. The molecule has 0 amide bonds. The van der Waals surface area contributed by atoms with Crippen molar-refractivity contribution >= 4 is 21.9 Å². The number of benzene rings is 5. The fourth-order valence-electron chi connectivity index (χ4n) is 7.24. The Labute approximate surface area is 422 Å². The van der Waals surface area contributed by atoms with E-state index in [4.69, 9.17) is 12.6 Å². The van der Waals surface area contributed by atoms with E-state index in [1.54, 1.807) is 60.7 Å². The summed E-state index contributed by atoms with van der Waals surface area (Å²) in [6.45, 7) is 3.06. The number of pyridine rings is 3. The summed E-state index contributed by atoms with van der Waals surface area (Å²) in [5.41, 5.74) is -2.33. The number of nitriles is 1. The smallest absolute Gasteiger partial charge is 0.500 e. The molecule has 5 aromatic carbocycles. The minimum atomic E-state index is -3.31. The van der Waals surface area contributed by atoms with Gasteiger partial charge >= 0.3 is 20.1 Å². The minimum Gasteiger partial charge on any atom is -0.500 e. The van der Waals surface area contributed by atoms with Crippen LogP contribution in [-0.4, -0.2) is 15.0 Å². The third-order valence-corrected chi connectivity index (χ3v) is 10.5. The molecule has 0 saturated carbocycles. The van der Waals surface area contributed by atoms with Crippen LogP contribution in [0, 0.1) is 36.4 Å². The zero-order valence-electron chi connectivity index (χ0n) is 53.7. The van der Waals surface area contributed by atoms with Gasteiger partial charge in [0.2, 0.25) is 0 Å². The standard InChI is InChI=1S/C59H51N4O.Ir/c1-38(2)53-32-56(45-13-8-6-9-14-45)62-36-48(53)24-21-43-29-42(30-44(31-43)22-25-49-37-63-57(33-54(49)39(3)4)46-15-10-7-11-16-46)20-19-41-23-28-55(61-35-41)52-18-12-17-50-51-27-26-47(34-60)40(5)58(51)64-59(50)52;/h6-13,15,17,23,26-33,35-39H,19-22,24-25H2,1-5H3;/q-3;+3/i5D3,19D2,20D2,21D2,22D2,24D2,25D2,26D,38D,39D;. The predicted octanol–water partition coefficient (Wildman–Crippen LogP) is 14.0. The third-order valence-electron chi connectivity index (χ3n) is 10.5. The molecule has 0 aliphatic carbocycles. The van der Waals surface area contributed by atoms with Crippen LogP contribution in [0.3, 0.4) is 0 Å². The third kappa shape index (κ3) is 9.93. The van der Waals surface area contributed by atoms with E-state index in [2.05, 4.69) is 33.2 Å². The van der Waals surface area contributed by atoms with Gasteiger partial charge in [-0.1, -0.05) is 87.2 Å². The molecular formula is C59H51IrN4O. The number of hydrogen-bond acceptors (Lipinski definition) is 5. The molecule has 65 heavy (non-hydrogen) atoms. The SMILES string of the molecule is [2H]c1cc2c(oc3c(-c4ccc(C([2H])([2H])C([2H])([2H])c5cc(C([2H])([2H])C([2H])([2H])c6cnc(-c7[c-]cccc7)cc6C([2H])(C)C)cc(C([2H])([2H])C([2H])([2H])c6cnc(-c7[c-]cccc7)cc6C([2H])(C)C)c5)cn4)[c-]ccc32)c(C([2H])([2H])[2H])c1C#N.[Ir+3]. The van der Waals surface area contributed by atoms with Gasteiger partial charge in [0, 0.05) is 52.8 Å². The maximum absolute atomic E-state index is 9.83. The Bertz CT molecular complexity index is 3840. The first-order valence-corrected chi connectivity index (χ1v) is 20.4. The van der Waals surface area contributed by atoms with Crippen molar-refractivity contribution in [1.29, 1.82) is 5.26 Å². The van der Waals surface area contributed by atoms with Crippen LogP contribution in [-0.2, 0) is 58.3 Å². The number of nitrogens with zero attached hydrogens (tertiary/aromatic N) is 4. The van der Waals surface area contributed by atoms with Crippen molar-refractivity contribution in [2.75, 3.05) is 0 Å². The summed E-state index contributed by atoms with van der Waals surface area (Å²) in [6, 6.07) is 36.6. The quantitative estimate of drug-likeness (QED) is 0.101. The van der Waals surface area contributed by atoms with E-state index >= 15 is 0 Å². The molecule has 322 valence electrons. The molecule has 0 fully saturated rings. The van der Waals surface area contributed by atoms with E-state index in [-0.39, 0.29) is 76.2 Å². The second-order valence-corrected chi connectivity index (χ2v) is 15.4. The molecule has 4 heterocycles. The Hall–Kier alpha value is -6.51. The van der Waals surface area contributed by atoms with Crippen LogP contribution in [0.4, 0.5) is 0 Å². The van der Waals surface area contributed by atoms with Gasteiger partial charge in [0.05, 0.1) is 18.6 Å². The maximum atomic E-state index is 9.83. The summed E-state index contributed by atoms with van der Waals surface area (Å²) >= 11 is 0. The number of rotatable bonds is 14. The van der Waals surface area contributed by atoms with Crippen molar-refractivity contribution in [1.82, 2.24) is 15.0 Å². The molecule has 9 aromatic rings. The number of furan rings is 1. The first-order valence-electron chi connectivity index (χ1n) is 29.4. The Morgan fingerprint density at radius 1 is 0.631 bits per heavy atom. The van der Waals surface area contributed by atoms with Crippen LogP contribution in [0.5, 0.6) is 0 Å². The summed E-state index contributed by atoms with van der Waals surface area (Å²) in [6.07, 6.45) is -16.2. The molecule has 5 nitrogen and oxygen atoms in total. The summed E-state index contributed by atoms with van der Waals surface area (Å²) in [7, 11) is 0. The van der Waals surface area contributed by atoms with Gasteiger partial charge in [0.25, 0.3) is 0 Å². The largest absolute Gasteiger partial charge is 3.00 e. The van der Waals surface area contributed by atoms with Gasteiger partial charge in [0.15, 0.2) is 0 Å². The van der Waals surface area contributed by atoms with E-state index in [9.17, 15) is 21.7 Å². The second kappa shape index (κ2) is 20.1. The van der Waals surface area contributed by atoms with Crippen molar-refractivity contribution < 1.29 is 49.2 Å². The fraction of sp³-hybridized carbons (Fsp3) is 0.220. The monoisotopic (exact) mass is 1040 g/mol. The molecule has 6 heteroatoms. The normalized spacial score (nSPS) is 17.3. The first kappa shape index (κ1) is 27.7. The molecule has 9 rings (SSSR count). The van der Waals surface area contributed by atoms with Crippen LogP contribution in [0.25, 0.3) is 55.7 Å². The molecular weight excluding hydrogens is 973 g/mol. The van der Waals surface area contributed by atoms with Gasteiger partial charge in [0.1, 0.15) is 5.58 Å². The zero-order valence-corrected chi connectivity index (χ0v) is 38.0. The van der Waals surface area contributed by atoms with Gasteiger partial charge in [-0.25, -0.2) is 0 Å². The molecule has 0 N–H and O–H groups in total. The minimum absolute atomic E-state index is 0. The van der Waals surface area contributed by atoms with Gasteiger partial charge in [-0.15, -0.1) is 90.0 Å². The average molecular weight is 1040 g/mol. The van der Waals surface area contributed by atoms with Crippen LogP contribution >= 0.6 is 0 Å². The Balaban J connectivity index is 0.00000900. The van der Waals surface area contributed by atoms with Crippen molar-refractivity contribution in [2.45, 2.75) is 84.6 Å². The van der Waals surface area contributed by atoms with Crippen LogP contribution in [0.1, 0.15) is 120 Å². The maximum Gasteiger partial charge on any atom is 3.00 e.